The summed E-state index contributed by atoms with van der Waals surface area (Å²) in [5.41, 5.74) is 2.99. The van der Waals surface area contributed by atoms with Crippen molar-refractivity contribution >= 4 is 17.6 Å². The average molecular weight is 365 g/mol. The molecule has 2 aromatic rings. The van der Waals surface area contributed by atoms with Gasteiger partial charge in [-0.2, -0.15) is 5.26 Å². The maximum absolute atomic E-state index is 11.0. The van der Waals surface area contributed by atoms with Gasteiger partial charge in [-0.25, -0.2) is 4.79 Å². The molecule has 0 aliphatic heterocycles. The molecule has 0 unspecified atom stereocenters. The Bertz CT molecular complexity index is 892. The van der Waals surface area contributed by atoms with Gasteiger partial charge in [-0.3, -0.25) is 0 Å². The molecule has 2 rings (SSSR count). The Morgan fingerprint density at radius 2 is 1.89 bits per heavy atom. The zero-order valence-electron chi connectivity index (χ0n) is 15.9. The highest BCUT2D eigenvalue weighted by Crippen LogP contribution is 2.34. The fourth-order valence-corrected chi connectivity index (χ4v) is 2.58. The minimum atomic E-state index is -0.999. The molecule has 5 nitrogen and oxygen atoms in total. The van der Waals surface area contributed by atoms with Gasteiger partial charge in [0.05, 0.1) is 30.4 Å². The minimum Gasteiger partial charge on any atom is -0.493 e. The van der Waals surface area contributed by atoms with Crippen LogP contribution in [-0.4, -0.2) is 24.3 Å². The van der Waals surface area contributed by atoms with Crippen molar-refractivity contribution in [3.8, 4) is 17.6 Å². The number of hydrogen-bond donors (Lipinski definition) is 1. The molecule has 0 saturated heterocycles. The van der Waals surface area contributed by atoms with Crippen LogP contribution in [0.15, 0.2) is 36.4 Å². The van der Waals surface area contributed by atoms with E-state index in [4.69, 9.17) is 14.6 Å². The zero-order chi connectivity index (χ0) is 20.0. The number of rotatable bonds is 7. The third-order valence-corrected chi connectivity index (χ3v) is 4.25. The molecule has 1 atom stereocenters. The van der Waals surface area contributed by atoms with Crippen molar-refractivity contribution in [1.29, 1.82) is 5.26 Å². The van der Waals surface area contributed by atoms with E-state index in [2.05, 4.69) is 13.0 Å². The molecule has 27 heavy (non-hydrogen) atoms. The maximum Gasteiger partial charge on any atom is 0.335 e. The molecule has 0 fully saturated rings. The molecular weight excluding hydrogens is 342 g/mol. The van der Waals surface area contributed by atoms with Gasteiger partial charge in [0.2, 0.25) is 0 Å². The van der Waals surface area contributed by atoms with E-state index < -0.39 is 5.97 Å². The highest BCUT2D eigenvalue weighted by atomic mass is 16.5. The largest absolute Gasteiger partial charge is 0.493 e. The van der Waals surface area contributed by atoms with Crippen LogP contribution in [0.1, 0.15) is 47.3 Å². The Labute approximate surface area is 159 Å². The number of allylic oxidation sites excluding steroid dienone is 1. The van der Waals surface area contributed by atoms with Crippen molar-refractivity contribution in [2.24, 2.45) is 0 Å². The van der Waals surface area contributed by atoms with Crippen molar-refractivity contribution in [2.75, 3.05) is 7.11 Å². The third kappa shape index (κ3) is 4.89. The third-order valence-electron chi connectivity index (χ3n) is 4.25. The van der Waals surface area contributed by atoms with Crippen LogP contribution in [-0.2, 0) is 0 Å². The molecule has 0 aromatic heterocycles. The second-order valence-electron chi connectivity index (χ2n) is 6.26. The van der Waals surface area contributed by atoms with Gasteiger partial charge in [-0.05, 0) is 67.3 Å². The molecule has 0 aliphatic carbocycles. The number of carboxylic acid groups (broad SMARTS) is 1. The highest BCUT2D eigenvalue weighted by Gasteiger charge is 2.13. The van der Waals surface area contributed by atoms with Gasteiger partial charge >= 0.3 is 5.97 Å². The van der Waals surface area contributed by atoms with E-state index in [0.717, 1.165) is 17.5 Å². The number of ether oxygens (including phenoxy) is 2. The van der Waals surface area contributed by atoms with Gasteiger partial charge in [-0.15, -0.1) is 0 Å². The first-order valence-electron chi connectivity index (χ1n) is 8.70. The smallest absolute Gasteiger partial charge is 0.335 e. The number of methoxy groups -OCH3 is 1. The normalized spacial score (nSPS) is 12.2. The minimum absolute atomic E-state index is 0.0708. The van der Waals surface area contributed by atoms with E-state index in [1.54, 1.807) is 25.3 Å². The Morgan fingerprint density at radius 1 is 1.26 bits per heavy atom. The SMILES string of the molecule is CC[C@H](C)Oc1c(C)cc(/C=C(\C#N)c2ccc(C(=O)O)cc2)cc1OC. The Morgan fingerprint density at radius 3 is 2.41 bits per heavy atom. The van der Waals surface area contributed by atoms with Crippen LogP contribution in [0.2, 0.25) is 0 Å². The van der Waals surface area contributed by atoms with Crippen molar-refractivity contribution in [3.05, 3.63) is 58.7 Å². The van der Waals surface area contributed by atoms with Gasteiger partial charge in [0, 0.05) is 0 Å². The van der Waals surface area contributed by atoms with Gasteiger partial charge in [0.25, 0.3) is 0 Å². The summed E-state index contributed by atoms with van der Waals surface area (Å²) in [5.74, 6) is 0.315. The Hall–Kier alpha value is -3.26. The number of benzene rings is 2. The fourth-order valence-electron chi connectivity index (χ4n) is 2.58. The maximum atomic E-state index is 11.0. The van der Waals surface area contributed by atoms with E-state index in [1.807, 2.05) is 26.0 Å². The number of aromatic carboxylic acids is 1. The first kappa shape index (κ1) is 20.1. The number of carboxylic acids is 1. The van der Waals surface area contributed by atoms with Gasteiger partial charge in [0.15, 0.2) is 11.5 Å². The van der Waals surface area contributed by atoms with Gasteiger partial charge in [0.1, 0.15) is 0 Å². The van der Waals surface area contributed by atoms with Crippen LogP contribution >= 0.6 is 0 Å². The molecule has 0 aliphatic rings. The average Bonchev–Trinajstić information content (AvgIpc) is 2.67. The van der Waals surface area contributed by atoms with E-state index >= 15 is 0 Å². The Balaban J connectivity index is 2.42. The van der Waals surface area contributed by atoms with Crippen LogP contribution in [0, 0.1) is 18.3 Å². The summed E-state index contributed by atoms with van der Waals surface area (Å²) in [4.78, 5) is 11.0. The van der Waals surface area contributed by atoms with Crippen molar-refractivity contribution < 1.29 is 19.4 Å². The predicted molar refractivity (Wildman–Crippen MR) is 105 cm³/mol. The molecule has 0 amide bonds. The summed E-state index contributed by atoms with van der Waals surface area (Å²) in [6, 6.07) is 12.2. The van der Waals surface area contributed by atoms with Crippen LogP contribution in [0.3, 0.4) is 0 Å². The summed E-state index contributed by atoms with van der Waals surface area (Å²) in [6.45, 7) is 5.99. The summed E-state index contributed by atoms with van der Waals surface area (Å²) in [7, 11) is 1.58. The lowest BCUT2D eigenvalue weighted by atomic mass is 10.0. The molecule has 0 bridgehead atoms. The fraction of sp³-hybridized carbons (Fsp3) is 0.273. The van der Waals surface area contributed by atoms with Crippen molar-refractivity contribution in [3.63, 3.8) is 0 Å². The lowest BCUT2D eigenvalue weighted by Crippen LogP contribution is -2.11. The molecular formula is C22H23NO4. The van der Waals surface area contributed by atoms with E-state index in [9.17, 15) is 10.1 Å². The predicted octanol–water partition coefficient (Wildman–Crippen LogP) is 4.94. The molecule has 0 saturated carbocycles. The van der Waals surface area contributed by atoms with E-state index in [0.29, 0.717) is 22.6 Å². The number of hydrogen-bond acceptors (Lipinski definition) is 4. The lowest BCUT2D eigenvalue weighted by Gasteiger charge is -2.18. The molecule has 0 radical (unpaired) electrons. The topological polar surface area (TPSA) is 79.5 Å². The summed E-state index contributed by atoms with van der Waals surface area (Å²) < 4.78 is 11.4. The summed E-state index contributed by atoms with van der Waals surface area (Å²) in [5, 5.41) is 18.5. The number of nitriles is 1. The summed E-state index contributed by atoms with van der Waals surface area (Å²) >= 11 is 0. The number of nitrogens with zero attached hydrogens (tertiary/aromatic N) is 1. The first-order chi connectivity index (χ1) is 12.9. The molecule has 5 heteroatoms. The van der Waals surface area contributed by atoms with Crippen LogP contribution < -0.4 is 9.47 Å². The quantitative estimate of drug-likeness (QED) is 0.555. The zero-order valence-corrected chi connectivity index (χ0v) is 15.9. The second kappa shape index (κ2) is 8.91. The first-order valence-corrected chi connectivity index (χ1v) is 8.70. The second-order valence-corrected chi connectivity index (χ2v) is 6.26. The monoisotopic (exact) mass is 365 g/mol. The van der Waals surface area contributed by atoms with Crippen LogP contribution in [0.5, 0.6) is 11.5 Å². The molecule has 2 aromatic carbocycles. The van der Waals surface area contributed by atoms with Crippen LogP contribution in [0.25, 0.3) is 11.6 Å². The van der Waals surface area contributed by atoms with E-state index in [-0.39, 0.29) is 11.7 Å². The summed E-state index contributed by atoms with van der Waals surface area (Å²) in [6.07, 6.45) is 2.70. The van der Waals surface area contributed by atoms with E-state index in [1.165, 1.54) is 12.1 Å². The van der Waals surface area contributed by atoms with Gasteiger partial charge < -0.3 is 14.6 Å². The molecule has 0 heterocycles. The number of aryl methyl sites for hydroxylation is 1. The lowest BCUT2D eigenvalue weighted by molar-refractivity contribution is 0.0697. The van der Waals surface area contributed by atoms with Gasteiger partial charge in [-0.1, -0.05) is 19.1 Å². The molecule has 140 valence electrons. The number of carbonyl (C=O) groups is 1. The highest BCUT2D eigenvalue weighted by molar-refractivity contribution is 5.92. The molecule has 0 spiro atoms. The molecule has 1 N–H and O–H groups in total. The van der Waals surface area contributed by atoms with Crippen molar-refractivity contribution in [1.82, 2.24) is 0 Å². The Kier molecular flexibility index (Phi) is 6.62. The van der Waals surface area contributed by atoms with Crippen molar-refractivity contribution in [2.45, 2.75) is 33.3 Å². The van der Waals surface area contributed by atoms with Crippen LogP contribution in [0.4, 0.5) is 0 Å². The standard InChI is InChI=1S/C22H23NO4/c1-5-15(3)27-21-14(2)10-16(12-20(21)26-4)11-19(13-23)17-6-8-18(9-7-17)22(24)25/h6-12,15H,5H2,1-4H3,(H,24,25)/b19-11+/t15-/m0/s1.